The Balaban J connectivity index is 0.970. The van der Waals surface area contributed by atoms with Gasteiger partial charge in [-0.2, -0.15) is 0 Å². The van der Waals surface area contributed by atoms with E-state index in [4.69, 9.17) is 4.74 Å². The van der Waals surface area contributed by atoms with Gasteiger partial charge in [-0.05, 0) is 44.0 Å². The molecule has 52 heavy (non-hydrogen) atoms. The number of aromatic nitrogens is 5. The van der Waals surface area contributed by atoms with Crippen molar-refractivity contribution in [3.8, 4) is 0 Å². The Morgan fingerprint density at radius 3 is 2.33 bits per heavy atom. The molecule has 0 aliphatic carbocycles. The summed E-state index contributed by atoms with van der Waals surface area (Å²) in [5.41, 5.74) is 1.27. The second-order valence-electron chi connectivity index (χ2n) is 12.4. The van der Waals surface area contributed by atoms with Crippen LogP contribution in [0, 0.1) is 6.92 Å². The molecule has 7 amide bonds. The third-order valence-electron chi connectivity index (χ3n) is 8.96. The number of rotatable bonds is 8. The third-order valence-corrected chi connectivity index (χ3v) is 8.96. The average molecular weight is 711 g/mol. The number of nitrogens with one attached hydrogen (secondary N) is 4. The second-order valence-corrected chi connectivity index (χ2v) is 12.4. The van der Waals surface area contributed by atoms with Crippen molar-refractivity contribution >= 4 is 63.8 Å². The van der Waals surface area contributed by atoms with E-state index in [1.54, 1.807) is 37.3 Å². The first kappa shape index (κ1) is 33.7. The van der Waals surface area contributed by atoms with Gasteiger partial charge in [-0.1, -0.05) is 17.3 Å². The molecule has 19 heteroatoms. The summed E-state index contributed by atoms with van der Waals surface area (Å²) in [6.07, 6.45) is 1.06. The fourth-order valence-corrected chi connectivity index (χ4v) is 6.56. The van der Waals surface area contributed by atoms with Crippen molar-refractivity contribution in [2.75, 3.05) is 10.6 Å². The third kappa shape index (κ3) is 6.45. The van der Waals surface area contributed by atoms with E-state index in [9.17, 15) is 38.4 Å². The first-order valence-corrected chi connectivity index (χ1v) is 16.2. The molecule has 2 fully saturated rings. The normalized spacial score (nSPS) is 18.6. The zero-order valence-corrected chi connectivity index (χ0v) is 27.5. The van der Waals surface area contributed by atoms with E-state index >= 15 is 0 Å². The van der Waals surface area contributed by atoms with E-state index in [1.807, 2.05) is 0 Å². The fraction of sp³-hybridized carbons (Fsp3) is 0.303. The number of fused-ring (bicyclic) bond motifs is 2. The number of ether oxygens (including phenoxy) is 1. The number of imide groups is 2. The predicted molar refractivity (Wildman–Crippen MR) is 177 cm³/mol. The van der Waals surface area contributed by atoms with Crippen LogP contribution in [0.4, 0.5) is 16.2 Å². The van der Waals surface area contributed by atoms with Gasteiger partial charge >= 0.3 is 6.09 Å². The van der Waals surface area contributed by atoms with Crippen molar-refractivity contribution < 1.29 is 38.3 Å². The van der Waals surface area contributed by atoms with Crippen molar-refractivity contribution in [3.63, 3.8) is 0 Å². The van der Waals surface area contributed by atoms with Crippen LogP contribution in [0.5, 0.6) is 0 Å². The number of amides is 7. The Kier molecular flexibility index (Phi) is 8.74. The van der Waals surface area contributed by atoms with E-state index in [2.05, 4.69) is 36.6 Å². The predicted octanol–water partition coefficient (Wildman–Crippen LogP) is 0.423. The number of hydrogen-bond donors (Lipinski definition) is 4. The lowest BCUT2D eigenvalue weighted by Crippen LogP contribution is -2.52. The smallest absolute Gasteiger partial charge is 0.412 e. The first-order chi connectivity index (χ1) is 25.0. The number of nitrogens with zero attached hydrogens (tertiary/aromatic N) is 6. The highest BCUT2D eigenvalue weighted by Crippen LogP contribution is 2.32. The van der Waals surface area contributed by atoms with Crippen LogP contribution in [0.3, 0.4) is 0 Å². The van der Waals surface area contributed by atoms with Crippen LogP contribution < -0.4 is 26.8 Å². The summed E-state index contributed by atoms with van der Waals surface area (Å²) in [7, 11) is 0. The number of carbonyl (C=O) groups excluding carboxylic acids is 7. The quantitative estimate of drug-likeness (QED) is 0.182. The van der Waals surface area contributed by atoms with Crippen LogP contribution in [0.1, 0.15) is 59.2 Å². The number of aryl methyl sites for hydroxylation is 1. The summed E-state index contributed by atoms with van der Waals surface area (Å²) in [4.78, 5) is 106. The van der Waals surface area contributed by atoms with Gasteiger partial charge in [-0.15, -0.1) is 5.10 Å². The Hall–Kier alpha value is -6.79. The molecule has 266 valence electrons. The second kappa shape index (κ2) is 13.5. The zero-order valence-electron chi connectivity index (χ0n) is 27.5. The summed E-state index contributed by atoms with van der Waals surface area (Å²) in [5, 5.41) is 17.7. The maximum atomic E-state index is 13.6. The Morgan fingerprint density at radius 1 is 0.904 bits per heavy atom. The van der Waals surface area contributed by atoms with Crippen LogP contribution in [-0.2, 0) is 48.4 Å². The summed E-state index contributed by atoms with van der Waals surface area (Å²) in [6, 6.07) is 7.77. The lowest BCUT2D eigenvalue weighted by molar-refractivity contribution is -0.138. The van der Waals surface area contributed by atoms with Crippen molar-refractivity contribution in [1.29, 1.82) is 0 Å². The molecular formula is C33H30N10O9. The molecule has 7 rings (SSSR count). The lowest BCUT2D eigenvalue weighted by atomic mass is 10.0. The SMILES string of the molecule is Cc1nc2cccc(NC(=O)Cn3cc(COC(=O)Nc4cccc5c4CN(C4CCC(=O)NC4=O)C5=O)nn3)c2c(=O)n1C1CCC(=O)NC1=O. The van der Waals surface area contributed by atoms with E-state index < -0.39 is 59.2 Å². The maximum absolute atomic E-state index is 13.6. The van der Waals surface area contributed by atoms with Gasteiger partial charge in [0.2, 0.25) is 29.5 Å². The number of carbonyl (C=O) groups is 7. The highest BCUT2D eigenvalue weighted by molar-refractivity contribution is 6.07. The Morgan fingerprint density at radius 2 is 1.60 bits per heavy atom. The van der Waals surface area contributed by atoms with Gasteiger partial charge in [-0.3, -0.25) is 54.1 Å². The minimum atomic E-state index is -0.934. The average Bonchev–Trinajstić information content (AvgIpc) is 3.68. The molecule has 19 nitrogen and oxygen atoms in total. The molecule has 2 unspecified atom stereocenters. The van der Waals surface area contributed by atoms with Gasteiger partial charge in [0.05, 0.1) is 22.8 Å². The minimum Gasteiger partial charge on any atom is -0.443 e. The minimum absolute atomic E-state index is 0.0538. The molecule has 3 aliphatic heterocycles. The lowest BCUT2D eigenvalue weighted by Gasteiger charge is -2.29. The van der Waals surface area contributed by atoms with Crippen LogP contribution in [-0.4, -0.2) is 77.0 Å². The molecule has 2 aromatic carbocycles. The van der Waals surface area contributed by atoms with Gasteiger partial charge in [0.15, 0.2) is 0 Å². The molecule has 4 N–H and O–H groups in total. The van der Waals surface area contributed by atoms with Crippen molar-refractivity contribution in [3.05, 3.63) is 75.6 Å². The van der Waals surface area contributed by atoms with Gasteiger partial charge in [0.1, 0.15) is 36.8 Å². The molecule has 0 saturated carbocycles. The van der Waals surface area contributed by atoms with E-state index in [-0.39, 0.29) is 68.0 Å². The number of hydrogen-bond acceptors (Lipinski definition) is 12. The standard InChI is InChI=1S/C33H30N10O9/c1-16-34-21-6-3-7-22(28(21)32(50)43(16)24-9-11-26(45)38-30(24)48)35-27(46)14-41-12-17(39-40-41)15-52-33(51)36-20-5-2-4-18-19(20)13-42(31(18)49)23-8-10-25(44)37-29(23)47/h2-7,12,23-24H,8-11,13-15H2,1H3,(H,35,46)(H,36,51)(H,37,44,47)(H,38,45,48). The first-order valence-electron chi connectivity index (χ1n) is 16.2. The van der Waals surface area contributed by atoms with E-state index in [0.29, 0.717) is 22.3 Å². The number of benzene rings is 2. The summed E-state index contributed by atoms with van der Waals surface area (Å²) in [5.74, 6) is -2.64. The molecule has 0 radical (unpaired) electrons. The molecule has 0 spiro atoms. The zero-order chi connectivity index (χ0) is 36.7. The molecule has 5 heterocycles. The Bertz CT molecular complexity index is 2280. The van der Waals surface area contributed by atoms with Gasteiger partial charge < -0.3 is 15.0 Å². The van der Waals surface area contributed by atoms with Crippen LogP contribution in [0.15, 0.2) is 47.4 Å². The van der Waals surface area contributed by atoms with Crippen molar-refractivity contribution in [1.82, 2.24) is 40.1 Å². The molecule has 4 aromatic rings. The highest BCUT2D eigenvalue weighted by atomic mass is 16.5. The molecule has 2 aromatic heterocycles. The van der Waals surface area contributed by atoms with Crippen molar-refractivity contribution in [2.24, 2.45) is 0 Å². The van der Waals surface area contributed by atoms with Gasteiger partial charge in [-0.25, -0.2) is 14.5 Å². The van der Waals surface area contributed by atoms with Crippen molar-refractivity contribution in [2.45, 2.75) is 64.4 Å². The molecule has 2 saturated heterocycles. The fourth-order valence-electron chi connectivity index (χ4n) is 6.56. The number of anilines is 2. The largest absolute Gasteiger partial charge is 0.443 e. The maximum Gasteiger partial charge on any atom is 0.412 e. The van der Waals surface area contributed by atoms with Crippen LogP contribution >= 0.6 is 0 Å². The molecule has 3 aliphatic rings. The van der Waals surface area contributed by atoms with E-state index in [0.717, 1.165) is 0 Å². The Labute approximate surface area is 292 Å². The summed E-state index contributed by atoms with van der Waals surface area (Å²) >= 11 is 0. The van der Waals surface area contributed by atoms with Crippen LogP contribution in [0.25, 0.3) is 10.9 Å². The highest BCUT2D eigenvalue weighted by Gasteiger charge is 2.40. The number of piperidine rings is 2. The molecular weight excluding hydrogens is 680 g/mol. The van der Waals surface area contributed by atoms with Gasteiger partial charge in [0.25, 0.3) is 11.5 Å². The van der Waals surface area contributed by atoms with Gasteiger partial charge in [0, 0.05) is 36.2 Å². The molecule has 2 atom stereocenters. The molecule has 0 bridgehead atoms. The van der Waals surface area contributed by atoms with E-state index in [1.165, 1.54) is 26.4 Å². The monoisotopic (exact) mass is 710 g/mol. The summed E-state index contributed by atoms with van der Waals surface area (Å²) < 4.78 is 7.72. The summed E-state index contributed by atoms with van der Waals surface area (Å²) in [6.45, 7) is 1.01. The van der Waals surface area contributed by atoms with Crippen LogP contribution in [0.2, 0.25) is 0 Å². The topological polar surface area (TPSA) is 246 Å².